The van der Waals surface area contributed by atoms with Crippen molar-refractivity contribution in [2.24, 2.45) is 5.92 Å². The van der Waals surface area contributed by atoms with E-state index in [2.05, 4.69) is 11.8 Å². The van der Waals surface area contributed by atoms with Crippen LogP contribution in [-0.2, 0) is 6.54 Å². The first-order chi connectivity index (χ1) is 8.20. The molecule has 0 amide bonds. The van der Waals surface area contributed by atoms with Gasteiger partial charge in [0.05, 0.1) is 0 Å². The molecule has 94 valence electrons. The van der Waals surface area contributed by atoms with Crippen molar-refractivity contribution in [2.75, 3.05) is 18.8 Å². The van der Waals surface area contributed by atoms with Crippen molar-refractivity contribution >= 4 is 17.3 Å². The van der Waals surface area contributed by atoms with E-state index in [0.717, 1.165) is 35.3 Å². The van der Waals surface area contributed by atoms with E-state index in [-0.39, 0.29) is 0 Å². The lowest BCUT2D eigenvalue weighted by molar-refractivity contribution is 0.178. The summed E-state index contributed by atoms with van der Waals surface area (Å²) in [6.45, 7) is 5.31. The minimum absolute atomic E-state index is 0.789. The van der Waals surface area contributed by atoms with E-state index in [0.29, 0.717) is 0 Å². The molecule has 2 nitrogen and oxygen atoms in total. The fourth-order valence-electron chi connectivity index (χ4n) is 2.31. The maximum absolute atomic E-state index is 6.21. The van der Waals surface area contributed by atoms with Crippen molar-refractivity contribution in [3.8, 4) is 0 Å². The fraction of sp³-hybridized carbons (Fsp3) is 0.571. The molecule has 0 aromatic heterocycles. The molecule has 0 bridgehead atoms. The number of benzene rings is 1. The Balaban J connectivity index is 2.01. The molecule has 0 saturated heterocycles. The number of hydrogen-bond donors (Lipinski definition) is 1. The summed E-state index contributed by atoms with van der Waals surface area (Å²) in [6.07, 6.45) is 4.17. The summed E-state index contributed by atoms with van der Waals surface area (Å²) >= 11 is 6.21. The maximum atomic E-state index is 6.21. The minimum atomic E-state index is 0.789. The Bertz CT molecular complexity index is 354. The van der Waals surface area contributed by atoms with Crippen LogP contribution in [0.15, 0.2) is 18.2 Å². The van der Waals surface area contributed by atoms with Gasteiger partial charge in [-0.2, -0.15) is 0 Å². The Labute approximate surface area is 109 Å². The van der Waals surface area contributed by atoms with Crippen LogP contribution in [-0.4, -0.2) is 18.0 Å². The van der Waals surface area contributed by atoms with E-state index in [1.54, 1.807) is 0 Å². The van der Waals surface area contributed by atoms with Crippen molar-refractivity contribution in [3.63, 3.8) is 0 Å². The molecular formula is C14H21ClN2. The number of halogens is 1. The van der Waals surface area contributed by atoms with Crippen LogP contribution in [0.2, 0.25) is 5.02 Å². The topological polar surface area (TPSA) is 29.3 Å². The van der Waals surface area contributed by atoms with Crippen molar-refractivity contribution < 1.29 is 0 Å². The third-order valence-electron chi connectivity index (χ3n) is 3.73. The zero-order valence-corrected chi connectivity index (χ0v) is 11.2. The van der Waals surface area contributed by atoms with Crippen LogP contribution in [0.3, 0.4) is 0 Å². The smallest absolute Gasteiger partial charge is 0.0471 e. The number of nitrogens with two attached hydrogens (primary N) is 1. The average Bonchev–Trinajstić information content (AvgIpc) is 2.25. The Kier molecular flexibility index (Phi) is 4.30. The summed E-state index contributed by atoms with van der Waals surface area (Å²) < 4.78 is 0. The molecular weight excluding hydrogens is 232 g/mol. The van der Waals surface area contributed by atoms with E-state index < -0.39 is 0 Å². The SMILES string of the molecule is CCN(Cc1c(N)cccc1Cl)CC1CCC1. The first-order valence-electron chi connectivity index (χ1n) is 6.46. The minimum Gasteiger partial charge on any atom is -0.398 e. The average molecular weight is 253 g/mol. The van der Waals surface area contributed by atoms with Gasteiger partial charge in [-0.05, 0) is 37.4 Å². The molecule has 0 atom stereocenters. The Hall–Kier alpha value is -0.730. The molecule has 2 rings (SSSR count). The van der Waals surface area contributed by atoms with E-state index in [4.69, 9.17) is 17.3 Å². The van der Waals surface area contributed by atoms with Crippen LogP contribution in [0.4, 0.5) is 5.69 Å². The molecule has 0 unspecified atom stereocenters. The van der Waals surface area contributed by atoms with Gasteiger partial charge in [0.15, 0.2) is 0 Å². The van der Waals surface area contributed by atoms with Gasteiger partial charge in [0.1, 0.15) is 0 Å². The Morgan fingerprint density at radius 1 is 1.41 bits per heavy atom. The zero-order valence-electron chi connectivity index (χ0n) is 10.5. The highest BCUT2D eigenvalue weighted by molar-refractivity contribution is 6.31. The van der Waals surface area contributed by atoms with Crippen molar-refractivity contribution in [1.82, 2.24) is 4.90 Å². The van der Waals surface area contributed by atoms with Gasteiger partial charge < -0.3 is 5.73 Å². The third-order valence-corrected chi connectivity index (χ3v) is 4.08. The van der Waals surface area contributed by atoms with Crippen LogP contribution < -0.4 is 5.73 Å². The summed E-state index contributed by atoms with van der Waals surface area (Å²) in [4.78, 5) is 2.45. The first-order valence-corrected chi connectivity index (χ1v) is 6.83. The van der Waals surface area contributed by atoms with Crippen LogP contribution in [0.1, 0.15) is 31.7 Å². The molecule has 1 aromatic rings. The molecule has 0 heterocycles. The van der Waals surface area contributed by atoms with E-state index in [1.165, 1.54) is 25.8 Å². The summed E-state index contributed by atoms with van der Waals surface area (Å²) in [5.41, 5.74) is 7.88. The van der Waals surface area contributed by atoms with Gasteiger partial charge >= 0.3 is 0 Å². The van der Waals surface area contributed by atoms with Gasteiger partial charge in [0.2, 0.25) is 0 Å². The lowest BCUT2D eigenvalue weighted by atomic mass is 9.85. The van der Waals surface area contributed by atoms with Crippen molar-refractivity contribution in [3.05, 3.63) is 28.8 Å². The summed E-state index contributed by atoms with van der Waals surface area (Å²) in [7, 11) is 0. The predicted octanol–water partition coefficient (Wildman–Crippen LogP) is 3.54. The highest BCUT2D eigenvalue weighted by Gasteiger charge is 2.20. The standard InChI is InChI=1S/C14H21ClN2/c1-2-17(9-11-5-3-6-11)10-12-13(15)7-4-8-14(12)16/h4,7-8,11H,2-3,5-6,9-10,16H2,1H3. The molecule has 1 aromatic carbocycles. The molecule has 0 spiro atoms. The summed E-state index contributed by atoms with van der Waals surface area (Å²) in [5, 5.41) is 0.789. The monoisotopic (exact) mass is 252 g/mol. The second-order valence-corrected chi connectivity index (χ2v) is 5.34. The largest absolute Gasteiger partial charge is 0.398 e. The number of nitrogen functional groups attached to an aromatic ring is 1. The molecule has 1 aliphatic rings. The number of nitrogens with zero attached hydrogens (tertiary/aromatic N) is 1. The van der Waals surface area contributed by atoms with E-state index >= 15 is 0 Å². The fourth-order valence-corrected chi connectivity index (χ4v) is 2.55. The van der Waals surface area contributed by atoms with Gasteiger partial charge in [-0.25, -0.2) is 0 Å². The normalized spacial score (nSPS) is 16.2. The highest BCUT2D eigenvalue weighted by Crippen LogP contribution is 2.29. The summed E-state index contributed by atoms with van der Waals surface area (Å²) in [5.74, 6) is 0.888. The van der Waals surface area contributed by atoms with Crippen molar-refractivity contribution in [1.29, 1.82) is 0 Å². The van der Waals surface area contributed by atoms with Gasteiger partial charge in [-0.1, -0.05) is 31.0 Å². The number of rotatable bonds is 5. The quantitative estimate of drug-likeness (QED) is 0.813. The van der Waals surface area contributed by atoms with Crippen LogP contribution in [0.5, 0.6) is 0 Å². The van der Waals surface area contributed by atoms with Gasteiger partial charge in [0, 0.05) is 29.4 Å². The highest BCUT2D eigenvalue weighted by atomic mass is 35.5. The molecule has 3 heteroatoms. The van der Waals surface area contributed by atoms with Gasteiger partial charge in [-0.15, -0.1) is 0 Å². The Morgan fingerprint density at radius 3 is 2.71 bits per heavy atom. The summed E-state index contributed by atoms with van der Waals surface area (Å²) in [6, 6.07) is 5.76. The Morgan fingerprint density at radius 2 is 2.18 bits per heavy atom. The second kappa shape index (κ2) is 5.74. The molecule has 1 saturated carbocycles. The molecule has 1 aliphatic carbocycles. The molecule has 17 heavy (non-hydrogen) atoms. The number of hydrogen-bond acceptors (Lipinski definition) is 2. The zero-order chi connectivity index (χ0) is 12.3. The molecule has 0 radical (unpaired) electrons. The lowest BCUT2D eigenvalue weighted by Gasteiger charge is -2.32. The van der Waals surface area contributed by atoms with Gasteiger partial charge in [0.25, 0.3) is 0 Å². The first kappa shape index (κ1) is 12.7. The molecule has 1 fully saturated rings. The predicted molar refractivity (Wildman–Crippen MR) is 74.2 cm³/mol. The van der Waals surface area contributed by atoms with Crippen LogP contribution in [0.25, 0.3) is 0 Å². The third kappa shape index (κ3) is 3.14. The molecule has 0 aliphatic heterocycles. The molecule has 2 N–H and O–H groups in total. The van der Waals surface area contributed by atoms with Crippen LogP contribution in [0, 0.1) is 5.92 Å². The second-order valence-electron chi connectivity index (χ2n) is 4.93. The maximum Gasteiger partial charge on any atom is 0.0471 e. The van der Waals surface area contributed by atoms with Crippen molar-refractivity contribution in [2.45, 2.75) is 32.7 Å². The van der Waals surface area contributed by atoms with E-state index in [9.17, 15) is 0 Å². The van der Waals surface area contributed by atoms with Gasteiger partial charge in [-0.3, -0.25) is 4.90 Å². The lowest BCUT2D eigenvalue weighted by Crippen LogP contribution is -2.32. The van der Waals surface area contributed by atoms with E-state index in [1.807, 2.05) is 18.2 Å². The van der Waals surface area contributed by atoms with Crippen LogP contribution >= 0.6 is 11.6 Å². The number of anilines is 1.